The number of amides is 1. The highest BCUT2D eigenvalue weighted by atomic mass is 16.6. The molecule has 1 unspecified atom stereocenters. The highest BCUT2D eigenvalue weighted by molar-refractivity contribution is 5.90. The van der Waals surface area contributed by atoms with Gasteiger partial charge in [0.1, 0.15) is 11.9 Å². The molecule has 7 heteroatoms. The third-order valence-electron chi connectivity index (χ3n) is 5.50. The van der Waals surface area contributed by atoms with Crippen molar-refractivity contribution in [1.82, 2.24) is 9.78 Å². The number of rotatable bonds is 6. The zero-order valence-electron chi connectivity index (χ0n) is 19.0. The van der Waals surface area contributed by atoms with Crippen molar-refractivity contribution in [2.45, 2.75) is 40.2 Å². The fourth-order valence-electron chi connectivity index (χ4n) is 3.09. The van der Waals surface area contributed by atoms with Crippen LogP contribution in [0.2, 0.25) is 0 Å². The second-order valence-electron chi connectivity index (χ2n) is 8.91. The van der Waals surface area contributed by atoms with Gasteiger partial charge in [0.05, 0.1) is 12.6 Å². The van der Waals surface area contributed by atoms with E-state index >= 15 is 0 Å². The minimum atomic E-state index is -0.847. The Labute approximate surface area is 188 Å². The Morgan fingerprint density at radius 2 is 1.56 bits per heavy atom. The van der Waals surface area contributed by atoms with Crippen molar-refractivity contribution in [3.8, 4) is 22.3 Å². The minimum absolute atomic E-state index is 0.00691. The Morgan fingerprint density at radius 1 is 1.03 bits per heavy atom. The lowest BCUT2D eigenvalue weighted by atomic mass is 9.90. The van der Waals surface area contributed by atoms with Crippen molar-refractivity contribution in [2.24, 2.45) is 12.5 Å². The summed E-state index contributed by atoms with van der Waals surface area (Å²) in [7, 11) is 1.76. The van der Waals surface area contributed by atoms with Gasteiger partial charge in [-0.2, -0.15) is 5.10 Å². The zero-order valence-corrected chi connectivity index (χ0v) is 19.0. The van der Waals surface area contributed by atoms with Crippen molar-refractivity contribution in [2.75, 3.05) is 5.32 Å². The molecule has 0 radical (unpaired) electrons. The zero-order chi connectivity index (χ0) is 23.5. The van der Waals surface area contributed by atoms with E-state index in [2.05, 4.69) is 10.4 Å². The van der Waals surface area contributed by atoms with E-state index in [0.29, 0.717) is 5.82 Å². The summed E-state index contributed by atoms with van der Waals surface area (Å²) in [6.07, 6.45) is 0.946. The van der Waals surface area contributed by atoms with Gasteiger partial charge in [0, 0.05) is 12.6 Å². The maximum Gasteiger partial charge on any atom is 0.413 e. The second kappa shape index (κ2) is 9.26. The van der Waals surface area contributed by atoms with Gasteiger partial charge in [-0.1, -0.05) is 69.3 Å². The number of hydrogen-bond donors (Lipinski definition) is 2. The molecule has 1 heterocycles. The summed E-state index contributed by atoms with van der Waals surface area (Å²) in [6, 6.07) is 15.4. The maximum atomic E-state index is 12.4. The van der Waals surface area contributed by atoms with Crippen LogP contribution in [0.15, 0.2) is 54.7 Å². The molecule has 0 fully saturated rings. The molecule has 0 aliphatic heterocycles. The van der Waals surface area contributed by atoms with Crippen molar-refractivity contribution in [3.63, 3.8) is 0 Å². The number of aliphatic carboxylic acids is 1. The van der Waals surface area contributed by atoms with E-state index in [4.69, 9.17) is 9.84 Å². The van der Waals surface area contributed by atoms with Crippen LogP contribution in [-0.4, -0.2) is 33.1 Å². The number of nitrogens with zero attached hydrogens (tertiary/aromatic N) is 2. The fourth-order valence-corrected chi connectivity index (χ4v) is 3.09. The lowest BCUT2D eigenvalue weighted by Crippen LogP contribution is -2.31. The van der Waals surface area contributed by atoms with Crippen LogP contribution in [0, 0.1) is 5.41 Å². The molecule has 32 heavy (non-hydrogen) atoms. The van der Waals surface area contributed by atoms with Crippen molar-refractivity contribution in [1.29, 1.82) is 0 Å². The van der Waals surface area contributed by atoms with Gasteiger partial charge in [-0.3, -0.25) is 14.8 Å². The van der Waals surface area contributed by atoms with Gasteiger partial charge in [0.25, 0.3) is 0 Å². The maximum absolute atomic E-state index is 12.4. The lowest BCUT2D eigenvalue weighted by Gasteiger charge is -2.26. The summed E-state index contributed by atoms with van der Waals surface area (Å²) in [5, 5.41) is 16.0. The van der Waals surface area contributed by atoms with Crippen molar-refractivity contribution >= 4 is 17.9 Å². The van der Waals surface area contributed by atoms with E-state index in [-0.39, 0.29) is 17.9 Å². The Bertz CT molecular complexity index is 1090. The van der Waals surface area contributed by atoms with E-state index in [9.17, 15) is 9.59 Å². The quantitative estimate of drug-likeness (QED) is 0.543. The van der Waals surface area contributed by atoms with E-state index < -0.39 is 12.1 Å². The summed E-state index contributed by atoms with van der Waals surface area (Å²) in [5.41, 5.74) is 4.30. The first kappa shape index (κ1) is 23.1. The first-order valence-corrected chi connectivity index (χ1v) is 10.5. The molecule has 7 nitrogen and oxygen atoms in total. The molecular formula is C25H29N3O4. The van der Waals surface area contributed by atoms with Crippen LogP contribution in [0.3, 0.4) is 0 Å². The molecule has 0 aliphatic rings. The predicted molar refractivity (Wildman–Crippen MR) is 124 cm³/mol. The first-order chi connectivity index (χ1) is 15.0. The summed E-state index contributed by atoms with van der Waals surface area (Å²) >= 11 is 0. The second-order valence-corrected chi connectivity index (χ2v) is 8.91. The standard InChI is InChI=1S/C25H29N3O4/c1-16(25(2,3)4)32-24(31)27-23-21(15-26-28(23)5)20-12-10-19(11-13-20)18-8-6-17(7-9-18)14-22(29)30/h6-13,15-16H,14H2,1-5H3,(H,27,31)(H,29,30). The van der Waals surface area contributed by atoms with E-state index in [1.165, 1.54) is 0 Å². The Balaban J connectivity index is 1.77. The third-order valence-corrected chi connectivity index (χ3v) is 5.50. The van der Waals surface area contributed by atoms with Gasteiger partial charge >= 0.3 is 12.1 Å². The number of hydrogen-bond acceptors (Lipinski definition) is 4. The fraction of sp³-hybridized carbons (Fsp3) is 0.320. The Morgan fingerprint density at radius 3 is 2.09 bits per heavy atom. The summed E-state index contributed by atoms with van der Waals surface area (Å²) in [5.74, 6) is -0.290. The van der Waals surface area contributed by atoms with Gasteiger partial charge in [-0.05, 0) is 34.6 Å². The molecule has 3 rings (SSSR count). The van der Waals surface area contributed by atoms with E-state index in [0.717, 1.165) is 27.8 Å². The summed E-state index contributed by atoms with van der Waals surface area (Å²) in [4.78, 5) is 23.3. The van der Waals surface area contributed by atoms with Crippen LogP contribution < -0.4 is 5.32 Å². The van der Waals surface area contributed by atoms with E-state index in [1.807, 2.05) is 76.2 Å². The number of benzene rings is 2. The molecule has 2 N–H and O–H groups in total. The van der Waals surface area contributed by atoms with Crippen molar-refractivity contribution in [3.05, 3.63) is 60.3 Å². The van der Waals surface area contributed by atoms with Crippen molar-refractivity contribution < 1.29 is 19.4 Å². The predicted octanol–water partition coefficient (Wildman–Crippen LogP) is 5.36. The number of carboxylic acid groups (broad SMARTS) is 1. The molecule has 0 aliphatic carbocycles. The number of carbonyl (C=O) groups is 2. The summed E-state index contributed by atoms with van der Waals surface area (Å²) in [6.45, 7) is 7.92. The molecule has 3 aromatic rings. The van der Waals surface area contributed by atoms with Crippen LogP contribution in [0.4, 0.5) is 10.6 Å². The smallest absolute Gasteiger partial charge is 0.413 e. The van der Waals surface area contributed by atoms with Gasteiger partial charge < -0.3 is 9.84 Å². The number of anilines is 1. The normalized spacial score (nSPS) is 12.3. The topological polar surface area (TPSA) is 93.4 Å². The SMILES string of the molecule is CC(OC(=O)Nc1c(-c2ccc(-c3ccc(CC(=O)O)cc3)cc2)cnn1C)C(C)(C)C. The van der Waals surface area contributed by atoms with Gasteiger partial charge in [-0.15, -0.1) is 0 Å². The highest BCUT2D eigenvalue weighted by Gasteiger charge is 2.24. The minimum Gasteiger partial charge on any atom is -0.481 e. The van der Waals surface area contributed by atoms with Crippen LogP contribution in [0.5, 0.6) is 0 Å². The molecule has 0 spiro atoms. The molecular weight excluding hydrogens is 406 g/mol. The van der Waals surface area contributed by atoms with Gasteiger partial charge in [0.15, 0.2) is 0 Å². The Hall–Kier alpha value is -3.61. The van der Waals surface area contributed by atoms with Crippen LogP contribution in [0.1, 0.15) is 33.3 Å². The number of aryl methyl sites for hydroxylation is 1. The molecule has 0 saturated carbocycles. The molecule has 1 aromatic heterocycles. The third kappa shape index (κ3) is 5.55. The number of nitrogens with one attached hydrogen (secondary N) is 1. The van der Waals surface area contributed by atoms with Crippen LogP contribution in [-0.2, 0) is 23.0 Å². The van der Waals surface area contributed by atoms with E-state index in [1.54, 1.807) is 17.9 Å². The number of ether oxygens (including phenoxy) is 1. The molecule has 1 atom stereocenters. The Kier molecular flexibility index (Phi) is 6.67. The largest absolute Gasteiger partial charge is 0.481 e. The van der Waals surface area contributed by atoms with Crippen LogP contribution in [0.25, 0.3) is 22.3 Å². The van der Waals surface area contributed by atoms with Gasteiger partial charge in [0.2, 0.25) is 0 Å². The number of carbonyl (C=O) groups excluding carboxylic acids is 1. The first-order valence-electron chi connectivity index (χ1n) is 10.5. The van der Waals surface area contributed by atoms with Gasteiger partial charge in [-0.25, -0.2) is 4.79 Å². The molecule has 2 aromatic carbocycles. The lowest BCUT2D eigenvalue weighted by molar-refractivity contribution is -0.136. The summed E-state index contributed by atoms with van der Waals surface area (Å²) < 4.78 is 7.12. The molecule has 1 amide bonds. The molecule has 0 bridgehead atoms. The monoisotopic (exact) mass is 435 g/mol. The molecule has 0 saturated heterocycles. The molecule has 168 valence electrons. The highest BCUT2D eigenvalue weighted by Crippen LogP contribution is 2.30. The number of carboxylic acids is 1. The average Bonchev–Trinajstić information content (AvgIpc) is 3.07. The number of aromatic nitrogens is 2. The van der Waals surface area contributed by atoms with Crippen LogP contribution >= 0.6 is 0 Å². The average molecular weight is 436 g/mol.